The summed E-state index contributed by atoms with van der Waals surface area (Å²) in [6.07, 6.45) is 1.29. The van der Waals surface area contributed by atoms with Gasteiger partial charge in [0.25, 0.3) is 0 Å². The Morgan fingerprint density at radius 3 is 2.24 bits per heavy atom. The van der Waals surface area contributed by atoms with E-state index in [0.717, 1.165) is 12.0 Å². The molecule has 1 saturated heterocycles. The van der Waals surface area contributed by atoms with Gasteiger partial charge in [-0.1, -0.05) is 13.8 Å². The van der Waals surface area contributed by atoms with Gasteiger partial charge in [0, 0.05) is 18.7 Å². The number of amides is 1. The van der Waals surface area contributed by atoms with Crippen LogP contribution in [0.25, 0.3) is 0 Å². The van der Waals surface area contributed by atoms with E-state index in [1.54, 1.807) is 4.90 Å². The summed E-state index contributed by atoms with van der Waals surface area (Å²) in [4.78, 5) is 25.3. The largest absolute Gasteiger partial charge is 0.466 e. The molecule has 120 valence electrons. The summed E-state index contributed by atoms with van der Waals surface area (Å²) in [6, 6.07) is 0. The quantitative estimate of drug-likeness (QED) is 0.591. The van der Waals surface area contributed by atoms with Crippen molar-refractivity contribution in [2.24, 2.45) is 5.92 Å². The highest BCUT2D eigenvalue weighted by molar-refractivity contribution is 5.90. The molecule has 1 aliphatic heterocycles. The first-order valence-corrected chi connectivity index (χ1v) is 7.41. The van der Waals surface area contributed by atoms with Crippen molar-refractivity contribution in [1.29, 1.82) is 0 Å². The molecule has 0 aromatic carbocycles. The third kappa shape index (κ3) is 5.40. The second-order valence-electron chi connectivity index (χ2n) is 6.84. The molecular formula is C16H27NO4. The highest BCUT2D eigenvalue weighted by atomic mass is 16.6. The zero-order chi connectivity index (χ0) is 16.2. The first-order chi connectivity index (χ1) is 9.64. The van der Waals surface area contributed by atoms with Crippen LogP contribution in [0.4, 0.5) is 4.79 Å². The average molecular weight is 297 g/mol. The van der Waals surface area contributed by atoms with Gasteiger partial charge in [-0.05, 0) is 45.1 Å². The third-order valence-corrected chi connectivity index (χ3v) is 3.25. The molecule has 0 aliphatic carbocycles. The molecular weight excluding hydrogens is 270 g/mol. The van der Waals surface area contributed by atoms with Crippen molar-refractivity contribution in [2.75, 3.05) is 20.2 Å². The molecule has 1 aliphatic rings. The van der Waals surface area contributed by atoms with E-state index in [-0.39, 0.29) is 12.1 Å². The van der Waals surface area contributed by atoms with Crippen LogP contribution in [0.1, 0.15) is 47.5 Å². The molecule has 5 nitrogen and oxygen atoms in total. The maximum absolute atomic E-state index is 11.9. The molecule has 0 spiro atoms. The fourth-order valence-corrected chi connectivity index (χ4v) is 2.04. The molecule has 0 N–H and O–H groups in total. The highest BCUT2D eigenvalue weighted by Gasteiger charge is 2.33. The van der Waals surface area contributed by atoms with E-state index < -0.39 is 5.60 Å². The van der Waals surface area contributed by atoms with E-state index in [2.05, 4.69) is 13.8 Å². The van der Waals surface area contributed by atoms with Gasteiger partial charge in [0.2, 0.25) is 0 Å². The number of nitrogens with zero attached hydrogens (tertiary/aromatic N) is 1. The molecule has 21 heavy (non-hydrogen) atoms. The monoisotopic (exact) mass is 297 g/mol. The lowest BCUT2D eigenvalue weighted by Crippen LogP contribution is -2.47. The lowest BCUT2D eigenvalue weighted by molar-refractivity contribution is -0.136. The molecule has 1 rings (SSSR count). The summed E-state index contributed by atoms with van der Waals surface area (Å²) in [5.41, 5.74) is 1.19. The first-order valence-electron chi connectivity index (χ1n) is 7.41. The Morgan fingerprint density at radius 1 is 1.24 bits per heavy atom. The minimum absolute atomic E-state index is 0.283. The maximum atomic E-state index is 11.9. The summed E-state index contributed by atoms with van der Waals surface area (Å²) >= 11 is 0. The maximum Gasteiger partial charge on any atom is 0.410 e. The molecule has 0 bridgehead atoms. The van der Waals surface area contributed by atoms with E-state index in [4.69, 9.17) is 9.47 Å². The number of carbonyl (C=O) groups excluding carboxylic acids is 2. The number of likely N-dealkylation sites (tertiary alicyclic amines) is 1. The van der Waals surface area contributed by atoms with E-state index in [0.29, 0.717) is 31.0 Å². The van der Waals surface area contributed by atoms with Crippen LogP contribution in [0, 0.1) is 5.92 Å². The normalized spacial score (nSPS) is 14.8. The minimum atomic E-state index is -0.501. The fraction of sp³-hybridized carbons (Fsp3) is 0.750. The Hall–Kier alpha value is -1.52. The number of methoxy groups -OCH3 is 1. The number of hydrogen-bond acceptors (Lipinski definition) is 4. The van der Waals surface area contributed by atoms with Gasteiger partial charge in [0.05, 0.1) is 7.11 Å². The molecule has 1 fully saturated rings. The molecule has 1 amide bonds. The van der Waals surface area contributed by atoms with Gasteiger partial charge in [-0.15, -0.1) is 0 Å². The van der Waals surface area contributed by atoms with Crippen LogP contribution < -0.4 is 0 Å². The van der Waals surface area contributed by atoms with Crippen LogP contribution >= 0.6 is 0 Å². The smallest absolute Gasteiger partial charge is 0.410 e. The lowest BCUT2D eigenvalue weighted by atomic mass is 9.94. The molecule has 1 heterocycles. The van der Waals surface area contributed by atoms with Gasteiger partial charge >= 0.3 is 12.1 Å². The van der Waals surface area contributed by atoms with E-state index in [1.807, 2.05) is 20.8 Å². The SMILES string of the molecule is COC(=O)C(CCC(C)C)=C1CN(C(=O)OC(C)(C)C)C1. The molecule has 0 aromatic rings. The molecule has 0 aromatic heterocycles. The number of esters is 1. The van der Waals surface area contributed by atoms with Crippen LogP contribution in [-0.4, -0.2) is 42.8 Å². The summed E-state index contributed by atoms with van der Waals surface area (Å²) < 4.78 is 10.1. The second-order valence-corrected chi connectivity index (χ2v) is 6.84. The third-order valence-electron chi connectivity index (χ3n) is 3.25. The van der Waals surface area contributed by atoms with Crippen LogP contribution in [0.2, 0.25) is 0 Å². The van der Waals surface area contributed by atoms with E-state index in [1.165, 1.54) is 7.11 Å². The van der Waals surface area contributed by atoms with Crippen molar-refractivity contribution in [3.63, 3.8) is 0 Å². The zero-order valence-corrected chi connectivity index (χ0v) is 14.0. The van der Waals surface area contributed by atoms with Crippen LogP contribution in [0.15, 0.2) is 11.1 Å². The molecule has 0 saturated carbocycles. The van der Waals surface area contributed by atoms with Gasteiger partial charge in [-0.3, -0.25) is 0 Å². The van der Waals surface area contributed by atoms with Crippen LogP contribution in [0.5, 0.6) is 0 Å². The number of ether oxygens (including phenoxy) is 2. The van der Waals surface area contributed by atoms with E-state index >= 15 is 0 Å². The average Bonchev–Trinajstić information content (AvgIpc) is 2.27. The molecule has 5 heteroatoms. The Morgan fingerprint density at radius 2 is 1.81 bits per heavy atom. The fourth-order valence-electron chi connectivity index (χ4n) is 2.04. The van der Waals surface area contributed by atoms with Crippen molar-refractivity contribution >= 4 is 12.1 Å². The van der Waals surface area contributed by atoms with Gasteiger partial charge in [-0.25, -0.2) is 9.59 Å². The number of hydrogen-bond donors (Lipinski definition) is 0. The van der Waals surface area contributed by atoms with Gasteiger partial charge in [0.1, 0.15) is 5.60 Å². The van der Waals surface area contributed by atoms with Crippen molar-refractivity contribution < 1.29 is 19.1 Å². The Balaban J connectivity index is 2.66. The summed E-state index contributed by atoms with van der Waals surface area (Å²) in [5, 5.41) is 0. The molecule has 0 unspecified atom stereocenters. The summed E-state index contributed by atoms with van der Waals surface area (Å²) in [5.74, 6) is 0.238. The first kappa shape index (κ1) is 17.5. The van der Waals surface area contributed by atoms with Crippen molar-refractivity contribution in [3.8, 4) is 0 Å². The zero-order valence-electron chi connectivity index (χ0n) is 14.0. The Labute approximate surface area is 127 Å². The predicted octanol–water partition coefficient (Wildman–Crippen LogP) is 3.14. The van der Waals surface area contributed by atoms with Crippen molar-refractivity contribution in [2.45, 2.75) is 53.1 Å². The standard InChI is InChI=1S/C16H27NO4/c1-11(2)7-8-13(14(18)20-6)12-9-17(10-12)15(19)21-16(3,4)5/h11H,7-10H2,1-6H3. The van der Waals surface area contributed by atoms with E-state index in [9.17, 15) is 9.59 Å². The van der Waals surface area contributed by atoms with Crippen LogP contribution in [0.3, 0.4) is 0 Å². The summed E-state index contributed by atoms with van der Waals surface area (Å²) in [7, 11) is 1.39. The van der Waals surface area contributed by atoms with Gasteiger partial charge in [0.15, 0.2) is 0 Å². The minimum Gasteiger partial charge on any atom is -0.466 e. The lowest BCUT2D eigenvalue weighted by Gasteiger charge is -2.36. The van der Waals surface area contributed by atoms with Crippen molar-refractivity contribution in [1.82, 2.24) is 4.90 Å². The summed E-state index contributed by atoms with van der Waals surface area (Å²) in [6.45, 7) is 10.7. The Bertz CT molecular complexity index is 424. The molecule has 0 atom stereocenters. The predicted molar refractivity (Wildman–Crippen MR) is 80.9 cm³/mol. The Kier molecular flexibility index (Phi) is 5.81. The number of rotatable bonds is 4. The number of carbonyl (C=O) groups is 2. The molecule has 0 radical (unpaired) electrons. The van der Waals surface area contributed by atoms with Gasteiger partial charge in [-0.2, -0.15) is 0 Å². The van der Waals surface area contributed by atoms with Crippen molar-refractivity contribution in [3.05, 3.63) is 11.1 Å². The van der Waals surface area contributed by atoms with Gasteiger partial charge < -0.3 is 14.4 Å². The highest BCUT2D eigenvalue weighted by Crippen LogP contribution is 2.25. The second kappa shape index (κ2) is 6.96. The topological polar surface area (TPSA) is 55.8 Å². The van der Waals surface area contributed by atoms with Crippen LogP contribution in [-0.2, 0) is 14.3 Å².